The van der Waals surface area contributed by atoms with Crippen LogP contribution in [0.1, 0.15) is 16.6 Å². The SMILES string of the molecule is Cc1ccc(C(Cl)N=O)c2ccccc12. The van der Waals surface area contributed by atoms with Crippen LogP contribution < -0.4 is 0 Å². The summed E-state index contributed by atoms with van der Waals surface area (Å²) in [7, 11) is 0. The molecule has 0 aliphatic heterocycles. The normalized spacial score (nSPS) is 12.7. The highest BCUT2D eigenvalue weighted by atomic mass is 35.5. The molecule has 0 aliphatic rings. The summed E-state index contributed by atoms with van der Waals surface area (Å²) in [5.74, 6) is 0. The van der Waals surface area contributed by atoms with Gasteiger partial charge in [0, 0.05) is 5.56 Å². The third-order valence-corrected chi connectivity index (χ3v) is 2.84. The minimum Gasteiger partial charge on any atom is -0.149 e. The van der Waals surface area contributed by atoms with E-state index in [-0.39, 0.29) is 0 Å². The van der Waals surface area contributed by atoms with E-state index >= 15 is 0 Å². The number of hydrogen-bond donors (Lipinski definition) is 0. The molecule has 0 N–H and O–H groups in total. The number of fused-ring (bicyclic) bond motifs is 1. The van der Waals surface area contributed by atoms with E-state index < -0.39 is 5.50 Å². The Labute approximate surface area is 92.8 Å². The Balaban J connectivity index is 2.77. The highest BCUT2D eigenvalue weighted by Crippen LogP contribution is 2.30. The Kier molecular flexibility index (Phi) is 2.69. The zero-order chi connectivity index (χ0) is 10.8. The monoisotopic (exact) mass is 219 g/mol. The second-order valence-corrected chi connectivity index (χ2v) is 3.87. The number of nitroso groups, excluding NO2 is 1. The van der Waals surface area contributed by atoms with E-state index in [9.17, 15) is 4.91 Å². The summed E-state index contributed by atoms with van der Waals surface area (Å²) in [5.41, 5.74) is 1.13. The van der Waals surface area contributed by atoms with Gasteiger partial charge in [0.2, 0.25) is 0 Å². The van der Waals surface area contributed by atoms with Crippen molar-refractivity contribution in [3.63, 3.8) is 0 Å². The molecule has 1 atom stereocenters. The molecule has 76 valence electrons. The van der Waals surface area contributed by atoms with Crippen LogP contribution in [0.2, 0.25) is 0 Å². The molecular formula is C12H10ClNO. The van der Waals surface area contributed by atoms with Crippen molar-refractivity contribution >= 4 is 22.4 Å². The van der Waals surface area contributed by atoms with Gasteiger partial charge in [0.1, 0.15) is 0 Å². The van der Waals surface area contributed by atoms with Gasteiger partial charge in [-0.3, -0.25) is 0 Å². The summed E-state index contributed by atoms with van der Waals surface area (Å²) in [6.07, 6.45) is 0. The molecule has 2 aromatic carbocycles. The maximum absolute atomic E-state index is 10.5. The zero-order valence-electron chi connectivity index (χ0n) is 8.27. The van der Waals surface area contributed by atoms with Gasteiger partial charge in [-0.05, 0) is 28.4 Å². The first-order valence-electron chi connectivity index (χ1n) is 4.69. The minimum atomic E-state index is -0.810. The predicted molar refractivity (Wildman–Crippen MR) is 63.1 cm³/mol. The van der Waals surface area contributed by atoms with Crippen LogP contribution in [-0.2, 0) is 0 Å². The minimum absolute atomic E-state index is 0.771. The first-order valence-corrected chi connectivity index (χ1v) is 5.12. The molecule has 0 aliphatic carbocycles. The molecule has 0 amide bonds. The lowest BCUT2D eigenvalue weighted by Gasteiger charge is -2.08. The van der Waals surface area contributed by atoms with Crippen molar-refractivity contribution < 1.29 is 0 Å². The van der Waals surface area contributed by atoms with Gasteiger partial charge in [-0.1, -0.05) is 48.0 Å². The molecule has 15 heavy (non-hydrogen) atoms. The van der Waals surface area contributed by atoms with Gasteiger partial charge in [0.25, 0.3) is 0 Å². The van der Waals surface area contributed by atoms with Crippen LogP contribution in [0.3, 0.4) is 0 Å². The molecule has 3 heteroatoms. The fourth-order valence-electron chi connectivity index (χ4n) is 1.74. The molecule has 2 aromatic rings. The summed E-state index contributed by atoms with van der Waals surface area (Å²) in [4.78, 5) is 10.5. The molecule has 0 spiro atoms. The molecule has 0 aromatic heterocycles. The molecule has 0 bridgehead atoms. The van der Waals surface area contributed by atoms with E-state index in [1.54, 1.807) is 0 Å². The highest BCUT2D eigenvalue weighted by molar-refractivity contribution is 6.21. The van der Waals surface area contributed by atoms with E-state index in [0.29, 0.717) is 0 Å². The number of alkyl halides is 1. The summed E-state index contributed by atoms with van der Waals surface area (Å²) in [6.45, 7) is 2.03. The largest absolute Gasteiger partial charge is 0.191 e. The maximum atomic E-state index is 10.5. The summed E-state index contributed by atoms with van der Waals surface area (Å²) in [5, 5.41) is 4.97. The number of halogens is 1. The molecular weight excluding hydrogens is 210 g/mol. The standard InChI is InChI=1S/C12H10ClNO/c1-8-6-7-11(12(13)14-15)10-5-3-2-4-9(8)10/h2-7,12H,1H3. The van der Waals surface area contributed by atoms with Crippen molar-refractivity contribution in [1.82, 2.24) is 0 Å². The van der Waals surface area contributed by atoms with E-state index in [1.807, 2.05) is 43.3 Å². The van der Waals surface area contributed by atoms with Crippen LogP contribution in [0, 0.1) is 11.8 Å². The summed E-state index contributed by atoms with van der Waals surface area (Å²) < 4.78 is 0. The van der Waals surface area contributed by atoms with Crippen LogP contribution in [-0.4, -0.2) is 0 Å². The average molecular weight is 220 g/mol. The molecule has 0 radical (unpaired) electrons. The summed E-state index contributed by atoms with van der Waals surface area (Å²) in [6, 6.07) is 11.7. The van der Waals surface area contributed by atoms with E-state index in [1.165, 1.54) is 5.56 Å². The number of benzene rings is 2. The van der Waals surface area contributed by atoms with Gasteiger partial charge in [-0.25, -0.2) is 0 Å². The maximum Gasteiger partial charge on any atom is 0.191 e. The molecule has 1 unspecified atom stereocenters. The lowest BCUT2D eigenvalue weighted by molar-refractivity contribution is 1.02. The first kappa shape index (κ1) is 10.1. The van der Waals surface area contributed by atoms with Crippen LogP contribution in [0.5, 0.6) is 0 Å². The second-order valence-electron chi connectivity index (χ2n) is 3.46. The van der Waals surface area contributed by atoms with Crippen molar-refractivity contribution in [2.75, 3.05) is 0 Å². The number of rotatable bonds is 2. The van der Waals surface area contributed by atoms with Crippen LogP contribution in [0.4, 0.5) is 0 Å². The number of aryl methyl sites for hydroxylation is 1. The molecule has 2 rings (SSSR count). The van der Waals surface area contributed by atoms with Gasteiger partial charge >= 0.3 is 0 Å². The van der Waals surface area contributed by atoms with Gasteiger partial charge in [0.15, 0.2) is 5.50 Å². The van der Waals surface area contributed by atoms with E-state index in [0.717, 1.165) is 16.3 Å². The van der Waals surface area contributed by atoms with Crippen molar-refractivity contribution in [1.29, 1.82) is 0 Å². The Morgan fingerprint density at radius 1 is 1.13 bits per heavy atom. The van der Waals surface area contributed by atoms with Gasteiger partial charge in [0.05, 0.1) is 0 Å². The first-order chi connectivity index (χ1) is 7.24. The van der Waals surface area contributed by atoms with E-state index in [2.05, 4.69) is 5.18 Å². The number of nitrogens with zero attached hydrogens (tertiary/aromatic N) is 1. The fraction of sp³-hybridized carbons (Fsp3) is 0.167. The Hall–Kier alpha value is -1.41. The topological polar surface area (TPSA) is 29.4 Å². The fourth-order valence-corrected chi connectivity index (χ4v) is 1.93. The molecule has 2 nitrogen and oxygen atoms in total. The Morgan fingerprint density at radius 3 is 2.47 bits per heavy atom. The molecule has 0 fully saturated rings. The lowest BCUT2D eigenvalue weighted by Crippen LogP contribution is -1.89. The Bertz CT molecular complexity index is 510. The molecule has 0 saturated heterocycles. The highest BCUT2D eigenvalue weighted by Gasteiger charge is 2.11. The second kappa shape index (κ2) is 3.99. The van der Waals surface area contributed by atoms with Crippen molar-refractivity contribution in [2.45, 2.75) is 12.4 Å². The smallest absolute Gasteiger partial charge is 0.149 e. The number of hydrogen-bond acceptors (Lipinski definition) is 2. The van der Waals surface area contributed by atoms with Gasteiger partial charge < -0.3 is 0 Å². The van der Waals surface area contributed by atoms with Crippen molar-refractivity contribution in [3.8, 4) is 0 Å². The van der Waals surface area contributed by atoms with Crippen molar-refractivity contribution in [3.05, 3.63) is 52.4 Å². The third-order valence-electron chi connectivity index (χ3n) is 2.52. The lowest BCUT2D eigenvalue weighted by atomic mass is 10.0. The third kappa shape index (κ3) is 1.73. The van der Waals surface area contributed by atoms with Crippen LogP contribution in [0.25, 0.3) is 10.8 Å². The van der Waals surface area contributed by atoms with Crippen LogP contribution >= 0.6 is 11.6 Å². The predicted octanol–water partition coefficient (Wildman–Crippen LogP) is 4.15. The average Bonchev–Trinajstić information content (AvgIpc) is 2.29. The molecule has 0 heterocycles. The summed E-state index contributed by atoms with van der Waals surface area (Å²) >= 11 is 5.84. The van der Waals surface area contributed by atoms with Gasteiger partial charge in [-0.2, -0.15) is 0 Å². The zero-order valence-corrected chi connectivity index (χ0v) is 9.03. The quantitative estimate of drug-likeness (QED) is 0.424. The van der Waals surface area contributed by atoms with Crippen molar-refractivity contribution in [2.24, 2.45) is 5.18 Å². The molecule has 0 saturated carbocycles. The Morgan fingerprint density at radius 2 is 1.80 bits per heavy atom. The van der Waals surface area contributed by atoms with Gasteiger partial charge in [-0.15, -0.1) is 4.91 Å². The van der Waals surface area contributed by atoms with Crippen LogP contribution in [0.15, 0.2) is 41.6 Å². The van der Waals surface area contributed by atoms with E-state index in [4.69, 9.17) is 11.6 Å².